The summed E-state index contributed by atoms with van der Waals surface area (Å²) in [5.41, 5.74) is 0.475. The molecule has 2 aliphatic rings. The van der Waals surface area contributed by atoms with Gasteiger partial charge in [0.2, 0.25) is 0 Å². The fourth-order valence-electron chi connectivity index (χ4n) is 2.95. The molecule has 1 aliphatic carbocycles. The van der Waals surface area contributed by atoms with Crippen LogP contribution in [0.25, 0.3) is 22.2 Å². The Bertz CT molecular complexity index is 932. The van der Waals surface area contributed by atoms with Gasteiger partial charge in [-0.05, 0) is 50.4 Å². The molecule has 0 amide bonds. The summed E-state index contributed by atoms with van der Waals surface area (Å²) < 4.78 is 2.06. The Morgan fingerprint density at radius 3 is 2.52 bits per heavy atom. The molecule has 0 radical (unpaired) electrons. The molecule has 4 nitrogen and oxygen atoms in total. The standard InChI is InChI=1S/C19H19NO3/c1-4-20-15-8-6-5-7-12(15)11-14-16(20)10-9-13(17(14)21)18(22)19(2,3)23/h5-11,23H,4H2,1-3H3. The van der Waals surface area contributed by atoms with Gasteiger partial charge in [0, 0.05) is 17.6 Å². The molecule has 0 bridgehead atoms. The van der Waals surface area contributed by atoms with Crippen LogP contribution >= 0.6 is 0 Å². The highest BCUT2D eigenvalue weighted by Crippen LogP contribution is 2.27. The Kier molecular flexibility index (Phi) is 3.57. The molecule has 1 N–H and O–H groups in total. The lowest BCUT2D eigenvalue weighted by Gasteiger charge is -2.20. The number of hydrogen-bond donors (Lipinski definition) is 1. The number of para-hydroxylation sites is 1. The van der Waals surface area contributed by atoms with E-state index in [1.54, 1.807) is 6.07 Å². The summed E-state index contributed by atoms with van der Waals surface area (Å²) in [5, 5.41) is 10.9. The predicted molar refractivity (Wildman–Crippen MR) is 91.1 cm³/mol. The second kappa shape index (κ2) is 5.32. The molecule has 0 atom stereocenters. The van der Waals surface area contributed by atoms with Crippen molar-refractivity contribution in [2.75, 3.05) is 0 Å². The van der Waals surface area contributed by atoms with Gasteiger partial charge in [0.1, 0.15) is 5.60 Å². The summed E-state index contributed by atoms with van der Waals surface area (Å²) in [7, 11) is 0. The normalized spacial score (nSPS) is 12.0. The predicted octanol–water partition coefficient (Wildman–Crippen LogP) is 3.08. The summed E-state index contributed by atoms with van der Waals surface area (Å²) in [4.78, 5) is 25.1. The number of rotatable bonds is 3. The third-order valence-electron chi connectivity index (χ3n) is 4.11. The molecule has 0 spiro atoms. The first-order valence-corrected chi connectivity index (χ1v) is 7.67. The van der Waals surface area contributed by atoms with Gasteiger partial charge >= 0.3 is 0 Å². The van der Waals surface area contributed by atoms with Gasteiger partial charge in [-0.15, -0.1) is 0 Å². The third kappa shape index (κ3) is 2.45. The molecule has 0 saturated heterocycles. The van der Waals surface area contributed by atoms with Crippen molar-refractivity contribution in [3.8, 4) is 11.3 Å². The van der Waals surface area contributed by atoms with Crippen LogP contribution in [-0.4, -0.2) is 21.1 Å². The lowest BCUT2D eigenvalue weighted by atomic mass is 9.93. The van der Waals surface area contributed by atoms with E-state index in [0.717, 1.165) is 23.1 Å². The summed E-state index contributed by atoms with van der Waals surface area (Å²) in [6, 6.07) is 13.0. The van der Waals surface area contributed by atoms with Crippen LogP contribution < -0.4 is 5.43 Å². The molecule has 0 saturated carbocycles. The van der Waals surface area contributed by atoms with Gasteiger partial charge in [0.05, 0.1) is 11.3 Å². The molecular weight excluding hydrogens is 290 g/mol. The first-order chi connectivity index (χ1) is 10.8. The number of aromatic nitrogens is 1. The maximum absolute atomic E-state index is 12.8. The number of pyridine rings is 1. The van der Waals surface area contributed by atoms with Gasteiger partial charge in [0.25, 0.3) is 0 Å². The molecule has 23 heavy (non-hydrogen) atoms. The van der Waals surface area contributed by atoms with Gasteiger partial charge in [-0.1, -0.05) is 18.2 Å². The zero-order valence-corrected chi connectivity index (χ0v) is 13.5. The first kappa shape index (κ1) is 15.4. The third-order valence-corrected chi connectivity index (χ3v) is 4.11. The number of carbonyl (C=O) groups excluding carboxylic acids is 1. The van der Waals surface area contributed by atoms with Crippen LogP contribution in [0.15, 0.2) is 47.3 Å². The van der Waals surface area contributed by atoms with Crippen LogP contribution in [-0.2, 0) is 6.54 Å². The maximum Gasteiger partial charge on any atom is 0.198 e. The monoisotopic (exact) mass is 309 g/mol. The lowest BCUT2D eigenvalue weighted by molar-refractivity contribution is 0.0487. The highest BCUT2D eigenvalue weighted by Gasteiger charge is 2.29. The van der Waals surface area contributed by atoms with Crippen LogP contribution in [0.4, 0.5) is 0 Å². The van der Waals surface area contributed by atoms with E-state index in [1.165, 1.54) is 19.9 Å². The number of ketones is 1. The van der Waals surface area contributed by atoms with Crippen molar-refractivity contribution in [1.29, 1.82) is 0 Å². The Balaban J connectivity index is 2.39. The van der Waals surface area contributed by atoms with Gasteiger partial charge in [-0.25, -0.2) is 0 Å². The lowest BCUT2D eigenvalue weighted by Crippen LogP contribution is -2.35. The smallest absolute Gasteiger partial charge is 0.198 e. The second-order valence-electron chi connectivity index (χ2n) is 6.21. The van der Waals surface area contributed by atoms with Gasteiger partial charge in [-0.2, -0.15) is 0 Å². The molecule has 1 aromatic rings. The molecule has 0 unspecified atom stereocenters. The van der Waals surface area contributed by atoms with E-state index in [-0.39, 0.29) is 11.0 Å². The molecule has 118 valence electrons. The minimum atomic E-state index is -1.57. The zero-order chi connectivity index (χ0) is 16.8. The molecule has 1 heterocycles. The van der Waals surface area contributed by atoms with E-state index in [9.17, 15) is 14.7 Å². The molecular formula is C19H19NO3. The van der Waals surface area contributed by atoms with Crippen molar-refractivity contribution in [3.05, 3.63) is 58.3 Å². The van der Waals surface area contributed by atoms with Gasteiger partial charge in [-0.3, -0.25) is 9.59 Å². The fourth-order valence-corrected chi connectivity index (χ4v) is 2.95. The van der Waals surface area contributed by atoms with Crippen molar-refractivity contribution in [3.63, 3.8) is 0 Å². The highest BCUT2D eigenvalue weighted by molar-refractivity contribution is 6.03. The van der Waals surface area contributed by atoms with Crippen LogP contribution in [0.3, 0.4) is 0 Å². The van der Waals surface area contributed by atoms with Crippen molar-refractivity contribution < 1.29 is 9.90 Å². The molecule has 4 heteroatoms. The molecule has 3 rings (SSSR count). The summed E-state index contributed by atoms with van der Waals surface area (Å²) in [6.45, 7) is 5.53. The van der Waals surface area contributed by atoms with Crippen LogP contribution in [0.2, 0.25) is 0 Å². The molecule has 0 fully saturated rings. The van der Waals surface area contributed by atoms with Crippen molar-refractivity contribution in [2.45, 2.75) is 32.9 Å². The zero-order valence-electron chi connectivity index (χ0n) is 13.5. The SMILES string of the molecule is CCn1c2ccc(C(=O)C(C)(C)O)c(=O)c-2cc2ccccc21. The minimum Gasteiger partial charge on any atom is -0.382 e. The van der Waals surface area contributed by atoms with Crippen molar-refractivity contribution in [1.82, 2.24) is 4.57 Å². The van der Waals surface area contributed by atoms with E-state index in [4.69, 9.17) is 0 Å². The number of aryl methyl sites for hydroxylation is 1. The summed E-state index contributed by atoms with van der Waals surface area (Å²) in [6.07, 6.45) is 0. The number of carbonyl (C=O) groups is 1. The topological polar surface area (TPSA) is 59.3 Å². The van der Waals surface area contributed by atoms with Gasteiger partial charge in [0.15, 0.2) is 11.2 Å². The fraction of sp³-hybridized carbons (Fsp3) is 0.263. The number of hydrogen-bond acceptors (Lipinski definition) is 3. The number of benzene rings is 2. The van der Waals surface area contributed by atoms with Crippen LogP contribution in [0.5, 0.6) is 0 Å². The Hall–Kier alpha value is -2.46. The number of fused-ring (bicyclic) bond motifs is 2. The van der Waals surface area contributed by atoms with Gasteiger partial charge < -0.3 is 9.67 Å². The van der Waals surface area contributed by atoms with E-state index in [2.05, 4.69) is 4.57 Å². The molecule has 1 aromatic carbocycles. The second-order valence-corrected chi connectivity index (χ2v) is 6.21. The van der Waals surface area contributed by atoms with Crippen LogP contribution in [0.1, 0.15) is 31.1 Å². The van der Waals surface area contributed by atoms with E-state index < -0.39 is 11.4 Å². The summed E-state index contributed by atoms with van der Waals surface area (Å²) >= 11 is 0. The first-order valence-electron chi connectivity index (χ1n) is 7.67. The average Bonchev–Trinajstić information content (AvgIpc) is 2.52. The quantitative estimate of drug-likeness (QED) is 0.597. The largest absolute Gasteiger partial charge is 0.382 e. The maximum atomic E-state index is 12.8. The van der Waals surface area contributed by atoms with Crippen LogP contribution in [0, 0.1) is 0 Å². The Labute approximate surface area is 134 Å². The highest BCUT2D eigenvalue weighted by atomic mass is 16.3. The van der Waals surface area contributed by atoms with Crippen molar-refractivity contribution >= 4 is 16.7 Å². The average molecular weight is 309 g/mol. The molecule has 0 aromatic heterocycles. The molecule has 1 aliphatic heterocycles. The Morgan fingerprint density at radius 1 is 1.17 bits per heavy atom. The Morgan fingerprint density at radius 2 is 1.87 bits per heavy atom. The number of aliphatic hydroxyl groups is 1. The van der Waals surface area contributed by atoms with Crippen molar-refractivity contribution in [2.24, 2.45) is 0 Å². The number of nitrogens with zero attached hydrogens (tertiary/aromatic N) is 1. The van der Waals surface area contributed by atoms with E-state index in [1.807, 2.05) is 37.3 Å². The van der Waals surface area contributed by atoms with E-state index >= 15 is 0 Å². The van der Waals surface area contributed by atoms with E-state index in [0.29, 0.717) is 5.56 Å². The summed E-state index contributed by atoms with van der Waals surface area (Å²) in [5.74, 6) is -0.555. The minimum absolute atomic E-state index is 0.0305. The number of Topliss-reactive ketones (excluding diaryl/α,β-unsaturated/α-hetero) is 1.